The minimum absolute atomic E-state index is 0.0411. The summed E-state index contributed by atoms with van der Waals surface area (Å²) in [5.41, 5.74) is 3.28. The summed E-state index contributed by atoms with van der Waals surface area (Å²) in [5.74, 6) is 0. The van der Waals surface area contributed by atoms with E-state index >= 15 is 0 Å². The highest BCUT2D eigenvalue weighted by Gasteiger charge is 2.09. The largest absolute Gasteiger partial charge is 0.293 e. The summed E-state index contributed by atoms with van der Waals surface area (Å²) in [6, 6.07) is 9.54. The normalized spacial score (nSPS) is 11.3. The van der Waals surface area contributed by atoms with Crippen molar-refractivity contribution >= 4 is 32.6 Å². The van der Waals surface area contributed by atoms with Crippen LogP contribution in [-0.2, 0) is 6.54 Å². The van der Waals surface area contributed by atoms with E-state index in [1.54, 1.807) is 10.9 Å². The SMILES string of the molecule is Cc1nc2ccccc2nc1Cn1cnc2sccc2c1=O. The minimum Gasteiger partial charge on any atom is -0.293 e. The molecule has 0 bridgehead atoms. The number of nitrogens with zero attached hydrogens (tertiary/aromatic N) is 4. The van der Waals surface area contributed by atoms with Gasteiger partial charge < -0.3 is 0 Å². The first kappa shape index (κ1) is 13.1. The fourth-order valence-corrected chi connectivity index (χ4v) is 3.17. The fraction of sp³-hybridized carbons (Fsp3) is 0.125. The van der Waals surface area contributed by atoms with Crippen LogP contribution in [0.15, 0.2) is 46.8 Å². The zero-order valence-electron chi connectivity index (χ0n) is 11.9. The average molecular weight is 308 g/mol. The molecule has 3 aromatic heterocycles. The second-order valence-corrected chi connectivity index (χ2v) is 5.96. The van der Waals surface area contributed by atoms with Gasteiger partial charge in [-0.05, 0) is 30.5 Å². The highest BCUT2D eigenvalue weighted by atomic mass is 32.1. The van der Waals surface area contributed by atoms with Crippen molar-refractivity contribution in [1.82, 2.24) is 19.5 Å². The van der Waals surface area contributed by atoms with Crippen molar-refractivity contribution in [1.29, 1.82) is 0 Å². The molecule has 0 N–H and O–H groups in total. The Kier molecular flexibility index (Phi) is 2.97. The van der Waals surface area contributed by atoms with Gasteiger partial charge in [0.2, 0.25) is 0 Å². The Morgan fingerprint density at radius 3 is 2.73 bits per heavy atom. The maximum absolute atomic E-state index is 12.5. The molecule has 0 saturated carbocycles. The van der Waals surface area contributed by atoms with Gasteiger partial charge in [0, 0.05) is 0 Å². The maximum atomic E-state index is 12.5. The molecule has 0 aliphatic rings. The lowest BCUT2D eigenvalue weighted by Gasteiger charge is -2.08. The number of para-hydroxylation sites is 2. The summed E-state index contributed by atoms with van der Waals surface area (Å²) in [5, 5.41) is 2.53. The van der Waals surface area contributed by atoms with Gasteiger partial charge in [0.15, 0.2) is 0 Å². The van der Waals surface area contributed by atoms with Gasteiger partial charge in [-0.1, -0.05) is 12.1 Å². The number of fused-ring (bicyclic) bond motifs is 2. The Morgan fingerprint density at radius 1 is 1.14 bits per heavy atom. The Hall–Kier alpha value is -2.60. The molecule has 22 heavy (non-hydrogen) atoms. The predicted molar refractivity (Wildman–Crippen MR) is 87.3 cm³/mol. The van der Waals surface area contributed by atoms with Crippen LogP contribution in [-0.4, -0.2) is 19.5 Å². The van der Waals surface area contributed by atoms with E-state index in [9.17, 15) is 4.79 Å². The molecule has 0 aliphatic heterocycles. The van der Waals surface area contributed by atoms with E-state index in [4.69, 9.17) is 0 Å². The lowest BCUT2D eigenvalue weighted by molar-refractivity contribution is 0.724. The number of hydrogen-bond acceptors (Lipinski definition) is 5. The van der Waals surface area contributed by atoms with Crippen molar-refractivity contribution in [3.63, 3.8) is 0 Å². The van der Waals surface area contributed by atoms with Crippen LogP contribution in [0.3, 0.4) is 0 Å². The molecule has 0 fully saturated rings. The summed E-state index contributed by atoms with van der Waals surface area (Å²) in [6.45, 7) is 2.29. The number of benzene rings is 1. The van der Waals surface area contributed by atoms with Crippen molar-refractivity contribution in [2.45, 2.75) is 13.5 Å². The summed E-state index contributed by atoms with van der Waals surface area (Å²) < 4.78 is 1.58. The smallest absolute Gasteiger partial charge is 0.262 e. The van der Waals surface area contributed by atoms with Gasteiger partial charge >= 0.3 is 0 Å². The van der Waals surface area contributed by atoms with Crippen molar-refractivity contribution in [2.75, 3.05) is 0 Å². The van der Waals surface area contributed by atoms with E-state index in [-0.39, 0.29) is 5.56 Å². The topological polar surface area (TPSA) is 60.7 Å². The third-order valence-corrected chi connectivity index (χ3v) is 4.43. The molecule has 0 radical (unpaired) electrons. The molecule has 6 heteroatoms. The molecule has 0 atom stereocenters. The van der Waals surface area contributed by atoms with Gasteiger partial charge in [0.25, 0.3) is 5.56 Å². The van der Waals surface area contributed by atoms with Crippen LogP contribution in [0.1, 0.15) is 11.4 Å². The van der Waals surface area contributed by atoms with Crippen LogP contribution >= 0.6 is 11.3 Å². The van der Waals surface area contributed by atoms with Crippen molar-refractivity contribution in [3.05, 3.63) is 63.8 Å². The molecular formula is C16H12N4OS. The molecule has 0 spiro atoms. The molecule has 0 unspecified atom stereocenters. The van der Waals surface area contributed by atoms with Gasteiger partial charge in [0.1, 0.15) is 4.83 Å². The second kappa shape index (κ2) is 4.99. The maximum Gasteiger partial charge on any atom is 0.262 e. The van der Waals surface area contributed by atoms with Crippen LogP contribution in [0.4, 0.5) is 0 Å². The highest BCUT2D eigenvalue weighted by molar-refractivity contribution is 7.16. The Labute approximate surface area is 129 Å². The Bertz CT molecular complexity index is 1050. The molecule has 0 amide bonds. The lowest BCUT2D eigenvalue weighted by atomic mass is 10.2. The molecular weight excluding hydrogens is 296 g/mol. The van der Waals surface area contributed by atoms with Crippen molar-refractivity contribution < 1.29 is 0 Å². The number of thiophene rings is 1. The molecule has 0 aliphatic carbocycles. The average Bonchev–Trinajstić information content (AvgIpc) is 3.00. The Balaban J connectivity index is 1.83. The monoisotopic (exact) mass is 308 g/mol. The van der Waals surface area contributed by atoms with E-state index in [0.717, 1.165) is 27.3 Å². The second-order valence-electron chi connectivity index (χ2n) is 5.06. The van der Waals surface area contributed by atoms with Gasteiger partial charge in [-0.25, -0.2) is 15.0 Å². The van der Waals surface area contributed by atoms with Gasteiger partial charge in [-0.3, -0.25) is 9.36 Å². The Morgan fingerprint density at radius 2 is 1.91 bits per heavy atom. The zero-order chi connectivity index (χ0) is 15.1. The van der Waals surface area contributed by atoms with Gasteiger partial charge in [-0.2, -0.15) is 0 Å². The van der Waals surface area contributed by atoms with Crippen molar-refractivity contribution in [2.24, 2.45) is 0 Å². The molecule has 108 valence electrons. The predicted octanol–water partition coefficient (Wildman–Crippen LogP) is 2.76. The number of hydrogen-bond donors (Lipinski definition) is 0. The standard InChI is InChI=1S/C16H12N4OS/c1-10-14(19-13-5-3-2-4-12(13)18-10)8-20-9-17-15-11(16(20)21)6-7-22-15/h2-7,9H,8H2,1H3. The number of rotatable bonds is 2. The van der Waals surface area contributed by atoms with Crippen LogP contribution in [0, 0.1) is 6.92 Å². The third-order valence-electron chi connectivity index (χ3n) is 3.61. The third kappa shape index (κ3) is 2.08. The summed E-state index contributed by atoms with van der Waals surface area (Å²) >= 11 is 1.47. The zero-order valence-corrected chi connectivity index (χ0v) is 12.7. The van der Waals surface area contributed by atoms with Crippen molar-refractivity contribution in [3.8, 4) is 0 Å². The first-order valence-corrected chi connectivity index (χ1v) is 7.75. The summed E-state index contributed by atoms with van der Waals surface area (Å²) in [6.07, 6.45) is 1.58. The van der Waals surface area contributed by atoms with Crippen LogP contribution in [0.2, 0.25) is 0 Å². The number of aryl methyl sites for hydroxylation is 1. The summed E-state index contributed by atoms with van der Waals surface area (Å²) in [4.78, 5) is 26.7. The minimum atomic E-state index is -0.0411. The molecule has 0 saturated heterocycles. The summed E-state index contributed by atoms with van der Waals surface area (Å²) in [7, 11) is 0. The van der Waals surface area contributed by atoms with Crippen LogP contribution in [0.25, 0.3) is 21.3 Å². The van der Waals surface area contributed by atoms with E-state index in [1.165, 1.54) is 11.3 Å². The van der Waals surface area contributed by atoms with Crippen LogP contribution < -0.4 is 5.56 Å². The molecule has 4 aromatic rings. The fourth-order valence-electron chi connectivity index (χ4n) is 2.44. The first-order valence-electron chi connectivity index (χ1n) is 6.87. The van der Waals surface area contributed by atoms with E-state index in [0.29, 0.717) is 11.9 Å². The van der Waals surface area contributed by atoms with E-state index < -0.39 is 0 Å². The number of aromatic nitrogens is 4. The molecule has 4 rings (SSSR count). The van der Waals surface area contributed by atoms with Gasteiger partial charge in [0.05, 0.1) is 40.7 Å². The lowest BCUT2D eigenvalue weighted by Crippen LogP contribution is -2.21. The molecule has 3 heterocycles. The highest BCUT2D eigenvalue weighted by Crippen LogP contribution is 2.15. The quantitative estimate of drug-likeness (QED) is 0.571. The molecule has 5 nitrogen and oxygen atoms in total. The first-order chi connectivity index (χ1) is 10.7. The van der Waals surface area contributed by atoms with E-state index in [2.05, 4.69) is 15.0 Å². The van der Waals surface area contributed by atoms with Crippen LogP contribution in [0.5, 0.6) is 0 Å². The van der Waals surface area contributed by atoms with E-state index in [1.807, 2.05) is 42.6 Å². The van der Waals surface area contributed by atoms with Gasteiger partial charge in [-0.15, -0.1) is 11.3 Å². The molecule has 1 aromatic carbocycles.